The van der Waals surface area contributed by atoms with E-state index in [9.17, 15) is 22.7 Å². The van der Waals surface area contributed by atoms with Crippen molar-refractivity contribution in [2.24, 2.45) is 0 Å². The summed E-state index contributed by atoms with van der Waals surface area (Å²) in [5.41, 5.74) is 1.22. The molecule has 0 heterocycles. The van der Waals surface area contributed by atoms with Crippen molar-refractivity contribution in [1.82, 2.24) is 9.03 Å². The molecule has 0 aliphatic rings. The molecule has 0 amide bonds. The zero-order valence-electron chi connectivity index (χ0n) is 20.1. The van der Waals surface area contributed by atoms with Gasteiger partial charge in [-0.2, -0.15) is 0 Å². The molecule has 0 saturated heterocycles. The van der Waals surface area contributed by atoms with Gasteiger partial charge in [0.05, 0.1) is 32.1 Å². The van der Waals surface area contributed by atoms with Crippen molar-refractivity contribution >= 4 is 26.7 Å². The molecule has 188 valence electrons. The monoisotopic (exact) mass is 525 g/mol. The smallest absolute Gasteiger partial charge is 0.258 e. The highest BCUT2D eigenvalue weighted by Gasteiger charge is 2.25. The van der Waals surface area contributed by atoms with Gasteiger partial charge in [0.1, 0.15) is 6.04 Å². The summed E-state index contributed by atoms with van der Waals surface area (Å²) in [5.74, 6) is 2.95. The number of rotatable bonds is 8. The third-order valence-corrected chi connectivity index (χ3v) is 8.28. The normalized spacial score (nSPS) is 13.2. The van der Waals surface area contributed by atoms with Crippen molar-refractivity contribution in [2.75, 3.05) is 0 Å². The van der Waals surface area contributed by atoms with Gasteiger partial charge in [-0.05, 0) is 44.0 Å². The van der Waals surface area contributed by atoms with Crippen LogP contribution in [-0.4, -0.2) is 26.6 Å². The Kier molecular flexibility index (Phi) is 8.63. The third-order valence-electron chi connectivity index (χ3n) is 5.05. The largest absolute Gasteiger partial charge is 0.271 e. The topological polar surface area (TPSA) is 110 Å². The Morgan fingerprint density at radius 3 is 2.06 bits per heavy atom. The summed E-state index contributed by atoms with van der Waals surface area (Å²) in [4.78, 5) is 10.3. The van der Waals surface area contributed by atoms with Gasteiger partial charge in [-0.3, -0.25) is 10.1 Å². The lowest BCUT2D eigenvalue weighted by molar-refractivity contribution is -0.384. The van der Waals surface area contributed by atoms with E-state index in [0.29, 0.717) is 5.56 Å². The van der Waals surface area contributed by atoms with Crippen LogP contribution in [-0.2, 0) is 27.6 Å². The van der Waals surface area contributed by atoms with Gasteiger partial charge in [0.15, 0.2) is 0 Å². The molecular weight excluding hydrogens is 498 g/mol. The molecule has 0 unspecified atom stereocenters. The molecule has 0 fully saturated rings. The predicted octanol–water partition coefficient (Wildman–Crippen LogP) is 4.54. The van der Waals surface area contributed by atoms with Crippen LogP contribution in [0.4, 0.5) is 5.69 Å². The first-order chi connectivity index (χ1) is 17.0. The molecule has 0 aromatic heterocycles. The highest BCUT2D eigenvalue weighted by atomic mass is 32.2. The Morgan fingerprint density at radius 1 is 0.972 bits per heavy atom. The second-order valence-electron chi connectivity index (χ2n) is 8.85. The number of sulfonamides is 1. The van der Waals surface area contributed by atoms with Crippen LogP contribution in [0.1, 0.15) is 37.9 Å². The number of nitro groups is 1. The van der Waals surface area contributed by atoms with E-state index in [1.807, 2.05) is 57.2 Å². The fourth-order valence-electron chi connectivity index (χ4n) is 3.05. The van der Waals surface area contributed by atoms with E-state index in [-0.39, 0.29) is 17.1 Å². The number of hydrogen-bond donors (Lipinski definition) is 1. The molecule has 3 aromatic rings. The molecule has 0 aliphatic heterocycles. The molecule has 36 heavy (non-hydrogen) atoms. The highest BCUT2D eigenvalue weighted by molar-refractivity contribution is 7.89. The number of non-ortho nitro benzene ring substituents is 1. The van der Waals surface area contributed by atoms with Gasteiger partial charge in [0, 0.05) is 18.2 Å². The quantitative estimate of drug-likeness (QED) is 0.201. The lowest BCUT2D eigenvalue weighted by atomic mass is 10.1. The predicted molar refractivity (Wildman–Crippen MR) is 140 cm³/mol. The molecule has 0 bridgehead atoms. The second-order valence-corrected chi connectivity index (χ2v) is 12.7. The van der Waals surface area contributed by atoms with Crippen LogP contribution in [0.15, 0.2) is 89.8 Å². The van der Waals surface area contributed by atoms with Gasteiger partial charge in [0.2, 0.25) is 0 Å². The molecule has 0 radical (unpaired) electrons. The fraction of sp³-hybridized carbons (Fsp3) is 0.231. The van der Waals surface area contributed by atoms with Crippen LogP contribution in [0.25, 0.3) is 0 Å². The van der Waals surface area contributed by atoms with Gasteiger partial charge in [-0.25, -0.2) is 21.7 Å². The first-order valence-electron chi connectivity index (χ1n) is 11.0. The molecular formula is C26H27N3O5S2. The van der Waals surface area contributed by atoms with E-state index < -0.39 is 36.7 Å². The minimum Gasteiger partial charge on any atom is -0.258 e. The Morgan fingerprint density at radius 2 is 1.53 bits per heavy atom. The van der Waals surface area contributed by atoms with E-state index in [0.717, 1.165) is 22.0 Å². The average molecular weight is 526 g/mol. The van der Waals surface area contributed by atoms with Crippen LogP contribution in [0.3, 0.4) is 0 Å². The molecule has 0 saturated carbocycles. The average Bonchev–Trinajstić information content (AvgIpc) is 2.86. The molecule has 0 aliphatic carbocycles. The van der Waals surface area contributed by atoms with Crippen molar-refractivity contribution in [1.29, 1.82) is 0 Å². The van der Waals surface area contributed by atoms with Crippen molar-refractivity contribution in [3.05, 3.63) is 106 Å². The molecule has 8 nitrogen and oxygen atoms in total. The van der Waals surface area contributed by atoms with E-state index in [1.54, 1.807) is 24.3 Å². The van der Waals surface area contributed by atoms with Crippen LogP contribution < -0.4 is 4.72 Å². The number of nitrogens with one attached hydrogen (secondary N) is 1. The summed E-state index contributed by atoms with van der Waals surface area (Å²) in [6, 6.07) is 24.8. The summed E-state index contributed by atoms with van der Waals surface area (Å²) < 4.78 is 43.3. The zero-order chi connectivity index (χ0) is 26.3. The van der Waals surface area contributed by atoms with Crippen LogP contribution in [0, 0.1) is 22.1 Å². The maximum Gasteiger partial charge on any atom is 0.271 e. The number of benzene rings is 3. The van der Waals surface area contributed by atoms with Crippen molar-refractivity contribution in [2.45, 2.75) is 43.0 Å². The summed E-state index contributed by atoms with van der Waals surface area (Å²) in [5, 5.41) is 11.0. The van der Waals surface area contributed by atoms with Crippen LogP contribution in [0.5, 0.6) is 0 Å². The molecule has 2 atom stereocenters. The standard InChI is InChI=1S/C26H27N3O5S2/c1-26(2,3)35(32)27-25(22-12-8-5-9-13-22)18-19-28(20-21-10-6-4-7-11-21)36(33,34)24-16-14-23(15-17-24)29(30)31/h4-17,25,27H,20H2,1-3H3/t25-,35-/m0/s1. The maximum absolute atomic E-state index is 13.5. The SMILES string of the molecule is CC(C)(C)[S@](=O)N[C@@H](C#CN(Cc1ccccc1)S(=O)(=O)c1ccc([N+](=O)[O-])cc1)c1ccccc1. The minimum absolute atomic E-state index is 0.0446. The number of nitro benzene ring substituents is 1. The van der Waals surface area contributed by atoms with Gasteiger partial charge in [0.25, 0.3) is 15.7 Å². The van der Waals surface area contributed by atoms with Gasteiger partial charge < -0.3 is 0 Å². The minimum atomic E-state index is -4.14. The summed E-state index contributed by atoms with van der Waals surface area (Å²) >= 11 is 0. The van der Waals surface area contributed by atoms with Gasteiger partial charge in [-0.1, -0.05) is 66.6 Å². The van der Waals surface area contributed by atoms with Gasteiger partial charge >= 0.3 is 0 Å². The summed E-state index contributed by atoms with van der Waals surface area (Å²) in [7, 11) is -5.61. The molecule has 3 rings (SSSR count). The summed E-state index contributed by atoms with van der Waals surface area (Å²) in [6.45, 7) is 5.43. The Balaban J connectivity index is 2.05. The lowest BCUT2D eigenvalue weighted by Gasteiger charge is -2.22. The zero-order valence-corrected chi connectivity index (χ0v) is 21.8. The fourth-order valence-corrected chi connectivity index (χ4v) is 5.04. The Hall–Kier alpha value is -3.52. The van der Waals surface area contributed by atoms with E-state index in [2.05, 4.69) is 16.7 Å². The molecule has 10 heteroatoms. The van der Waals surface area contributed by atoms with Gasteiger partial charge in [-0.15, -0.1) is 0 Å². The van der Waals surface area contributed by atoms with Crippen molar-refractivity contribution in [3.63, 3.8) is 0 Å². The van der Waals surface area contributed by atoms with Crippen molar-refractivity contribution in [3.8, 4) is 12.0 Å². The lowest BCUT2D eigenvalue weighted by Crippen LogP contribution is -2.35. The highest BCUT2D eigenvalue weighted by Crippen LogP contribution is 2.22. The van der Waals surface area contributed by atoms with Crippen molar-refractivity contribution < 1.29 is 17.6 Å². The second kappa shape index (κ2) is 11.5. The summed E-state index contributed by atoms with van der Waals surface area (Å²) in [6.07, 6.45) is 0. The third kappa shape index (κ3) is 7.01. The molecule has 0 spiro atoms. The number of hydrogen-bond acceptors (Lipinski definition) is 5. The van der Waals surface area contributed by atoms with Crippen LogP contribution >= 0.6 is 0 Å². The first-order valence-corrected chi connectivity index (χ1v) is 13.6. The van der Waals surface area contributed by atoms with E-state index in [1.165, 1.54) is 12.1 Å². The van der Waals surface area contributed by atoms with E-state index >= 15 is 0 Å². The maximum atomic E-state index is 13.5. The first kappa shape index (κ1) is 27.1. The van der Waals surface area contributed by atoms with E-state index in [4.69, 9.17) is 0 Å². The number of nitrogens with zero attached hydrogens (tertiary/aromatic N) is 2. The molecule has 3 aromatic carbocycles. The van der Waals surface area contributed by atoms with Crippen LogP contribution in [0.2, 0.25) is 0 Å². The Bertz CT molecular complexity index is 1380. The Labute approximate surface area is 214 Å². The molecule has 1 N–H and O–H groups in total.